The van der Waals surface area contributed by atoms with Crippen LogP contribution < -0.4 is 10.0 Å². The van der Waals surface area contributed by atoms with E-state index >= 15 is 0 Å². The van der Waals surface area contributed by atoms with Crippen LogP contribution in [0.25, 0.3) is 0 Å². The van der Waals surface area contributed by atoms with E-state index in [-0.39, 0.29) is 22.8 Å². The Kier molecular flexibility index (Phi) is 6.59. The van der Waals surface area contributed by atoms with Gasteiger partial charge in [-0.1, -0.05) is 37.6 Å². The maximum atomic E-state index is 12.4. The largest absolute Gasteiger partial charge is 0.344 e. The average Bonchev–Trinajstić information content (AvgIpc) is 3.43. The van der Waals surface area contributed by atoms with Gasteiger partial charge in [0.15, 0.2) is 5.82 Å². The highest BCUT2D eigenvalue weighted by molar-refractivity contribution is 7.90. The molecule has 1 aromatic carbocycles. The normalized spacial score (nSPS) is 19.0. The summed E-state index contributed by atoms with van der Waals surface area (Å²) in [4.78, 5) is 21.6. The standard InChI is InChI=1S/C22H29N5O4S/c1-14(2)19(22-25-20(26-31-22)15-11-12-15)24-18(28)10-4-3-7-13-23-21-16-8-5-6-9-17(16)32(29,30)27-21/h5-6,8-9,14-15,19H,3-4,7,10-13H2,1-2H3,(H,23,27)(H,24,28). The van der Waals surface area contributed by atoms with Crippen LogP contribution in [0.5, 0.6) is 0 Å². The van der Waals surface area contributed by atoms with Crippen LogP contribution in [0.4, 0.5) is 0 Å². The minimum absolute atomic E-state index is 0.0429. The molecule has 0 spiro atoms. The van der Waals surface area contributed by atoms with Crippen molar-refractivity contribution in [2.45, 2.75) is 69.2 Å². The number of aromatic nitrogens is 2. The molecule has 10 heteroatoms. The van der Waals surface area contributed by atoms with E-state index < -0.39 is 10.0 Å². The van der Waals surface area contributed by atoms with Gasteiger partial charge >= 0.3 is 0 Å². The molecule has 2 aliphatic rings. The van der Waals surface area contributed by atoms with Crippen molar-refractivity contribution in [1.29, 1.82) is 0 Å². The molecular weight excluding hydrogens is 430 g/mol. The van der Waals surface area contributed by atoms with Crippen molar-refractivity contribution in [3.63, 3.8) is 0 Å². The van der Waals surface area contributed by atoms with Gasteiger partial charge in [-0.25, -0.2) is 8.42 Å². The predicted molar refractivity (Wildman–Crippen MR) is 119 cm³/mol. The molecule has 2 N–H and O–H groups in total. The summed E-state index contributed by atoms with van der Waals surface area (Å²) in [5.41, 5.74) is 0.609. The lowest BCUT2D eigenvalue weighted by Gasteiger charge is -2.18. The fourth-order valence-electron chi connectivity index (χ4n) is 3.66. The number of hydrogen-bond donors (Lipinski definition) is 2. The summed E-state index contributed by atoms with van der Waals surface area (Å²) >= 11 is 0. The van der Waals surface area contributed by atoms with Crippen LogP contribution in [0.1, 0.15) is 81.6 Å². The summed E-state index contributed by atoms with van der Waals surface area (Å²) in [6.45, 7) is 4.52. The Morgan fingerprint density at radius 2 is 2.03 bits per heavy atom. The van der Waals surface area contributed by atoms with Crippen LogP contribution >= 0.6 is 0 Å². The summed E-state index contributed by atoms with van der Waals surface area (Å²) < 4.78 is 32.1. The fraction of sp³-hybridized carbons (Fsp3) is 0.545. The third kappa shape index (κ3) is 5.17. The lowest BCUT2D eigenvalue weighted by Crippen LogP contribution is -2.31. The number of nitrogens with one attached hydrogen (secondary N) is 2. The highest BCUT2D eigenvalue weighted by Gasteiger charge is 2.32. The molecular formula is C22H29N5O4S. The Hall–Kier alpha value is -2.75. The van der Waals surface area contributed by atoms with Crippen molar-refractivity contribution in [1.82, 2.24) is 20.2 Å². The zero-order chi connectivity index (χ0) is 22.7. The number of fused-ring (bicyclic) bond motifs is 1. The summed E-state index contributed by atoms with van der Waals surface area (Å²) in [6, 6.07) is 6.52. The summed E-state index contributed by atoms with van der Waals surface area (Å²) in [5.74, 6) is 2.12. The molecule has 2 heterocycles. The van der Waals surface area contributed by atoms with Crippen LogP contribution in [0, 0.1) is 5.92 Å². The molecule has 1 aliphatic carbocycles. The number of sulfonamides is 1. The monoisotopic (exact) mass is 459 g/mol. The molecule has 1 fully saturated rings. The summed E-state index contributed by atoms with van der Waals surface area (Å²) in [7, 11) is -3.51. The number of rotatable bonds is 10. The first-order valence-electron chi connectivity index (χ1n) is 11.1. The van der Waals surface area contributed by atoms with E-state index in [9.17, 15) is 13.2 Å². The third-order valence-corrected chi connectivity index (χ3v) is 7.04. The van der Waals surface area contributed by atoms with Crippen molar-refractivity contribution < 1.29 is 17.7 Å². The molecule has 1 saturated carbocycles. The number of nitrogens with zero attached hydrogens (tertiary/aromatic N) is 3. The molecule has 9 nitrogen and oxygen atoms in total. The molecule has 1 aromatic heterocycles. The lowest BCUT2D eigenvalue weighted by atomic mass is 10.0. The van der Waals surface area contributed by atoms with Gasteiger partial charge in [0.25, 0.3) is 10.0 Å². The first-order chi connectivity index (χ1) is 15.3. The third-order valence-electron chi connectivity index (χ3n) is 5.64. The van der Waals surface area contributed by atoms with E-state index in [1.807, 2.05) is 13.8 Å². The fourth-order valence-corrected chi connectivity index (χ4v) is 4.91. The molecule has 4 rings (SSSR count). The number of amides is 1. The SMILES string of the molecule is CC(C)C(NC(=O)CCCCCN=C1NS(=O)(=O)c2ccccc21)c1nc(C2CC2)no1. The second kappa shape index (κ2) is 9.40. The summed E-state index contributed by atoms with van der Waals surface area (Å²) in [6.07, 6.45) is 4.91. The Morgan fingerprint density at radius 1 is 1.25 bits per heavy atom. The van der Waals surface area contributed by atoms with E-state index in [0.29, 0.717) is 36.2 Å². The topological polar surface area (TPSA) is 127 Å². The van der Waals surface area contributed by atoms with Gasteiger partial charge in [0, 0.05) is 24.4 Å². The molecule has 1 atom stereocenters. The van der Waals surface area contributed by atoms with Gasteiger partial charge in [-0.3, -0.25) is 14.5 Å². The zero-order valence-corrected chi connectivity index (χ0v) is 19.2. The van der Waals surface area contributed by atoms with Crippen LogP contribution in [-0.2, 0) is 14.8 Å². The lowest BCUT2D eigenvalue weighted by molar-refractivity contribution is -0.122. The van der Waals surface area contributed by atoms with Gasteiger partial charge in [0.1, 0.15) is 11.9 Å². The molecule has 0 radical (unpaired) electrons. The molecule has 0 bridgehead atoms. The van der Waals surface area contributed by atoms with Crippen LogP contribution in [-0.4, -0.2) is 36.8 Å². The summed E-state index contributed by atoms with van der Waals surface area (Å²) in [5, 5.41) is 7.07. The van der Waals surface area contributed by atoms with Crippen molar-refractivity contribution >= 4 is 21.8 Å². The molecule has 172 valence electrons. The second-order valence-corrected chi connectivity index (χ2v) is 10.3. The molecule has 1 unspecified atom stereocenters. The number of benzene rings is 1. The minimum Gasteiger partial charge on any atom is -0.344 e. The van der Waals surface area contributed by atoms with E-state index in [2.05, 4.69) is 25.2 Å². The van der Waals surface area contributed by atoms with Crippen molar-refractivity contribution in [2.75, 3.05) is 6.54 Å². The smallest absolute Gasteiger partial charge is 0.263 e. The highest BCUT2D eigenvalue weighted by Crippen LogP contribution is 2.38. The number of aliphatic imine (C=N–C) groups is 1. The number of hydrogen-bond acceptors (Lipinski definition) is 7. The molecule has 0 saturated heterocycles. The van der Waals surface area contributed by atoms with E-state index in [1.165, 1.54) is 0 Å². The molecule has 1 amide bonds. The van der Waals surface area contributed by atoms with Gasteiger partial charge in [-0.2, -0.15) is 4.98 Å². The zero-order valence-electron chi connectivity index (χ0n) is 18.4. The van der Waals surface area contributed by atoms with Gasteiger partial charge < -0.3 is 9.84 Å². The van der Waals surface area contributed by atoms with Gasteiger partial charge in [-0.05, 0) is 43.7 Å². The number of carbonyl (C=O) groups is 1. The van der Waals surface area contributed by atoms with Crippen LogP contribution in [0.2, 0.25) is 0 Å². The van der Waals surface area contributed by atoms with Crippen LogP contribution in [0.15, 0.2) is 38.7 Å². The first-order valence-corrected chi connectivity index (χ1v) is 12.6. The highest BCUT2D eigenvalue weighted by atomic mass is 32.2. The predicted octanol–water partition coefficient (Wildman–Crippen LogP) is 3.06. The van der Waals surface area contributed by atoms with Gasteiger partial charge in [-0.15, -0.1) is 0 Å². The maximum Gasteiger partial charge on any atom is 0.263 e. The van der Waals surface area contributed by atoms with Gasteiger partial charge in [0.05, 0.1) is 4.90 Å². The number of carbonyl (C=O) groups excluding carboxylic acids is 1. The van der Waals surface area contributed by atoms with Crippen LogP contribution in [0.3, 0.4) is 0 Å². The average molecular weight is 460 g/mol. The van der Waals surface area contributed by atoms with E-state index in [4.69, 9.17) is 4.52 Å². The molecule has 1 aliphatic heterocycles. The maximum absolute atomic E-state index is 12.4. The van der Waals surface area contributed by atoms with Gasteiger partial charge in [0.2, 0.25) is 11.8 Å². The molecule has 2 aromatic rings. The van der Waals surface area contributed by atoms with E-state index in [0.717, 1.165) is 37.9 Å². The number of unbranched alkanes of at least 4 members (excludes halogenated alkanes) is 2. The Balaban J connectivity index is 1.21. The number of amidine groups is 1. The second-order valence-electron chi connectivity index (χ2n) is 8.70. The van der Waals surface area contributed by atoms with Crippen molar-refractivity contribution in [3.8, 4) is 0 Å². The molecule has 32 heavy (non-hydrogen) atoms. The minimum atomic E-state index is -3.51. The Morgan fingerprint density at radius 3 is 2.78 bits per heavy atom. The first kappa shape index (κ1) is 22.4. The quantitative estimate of drug-likeness (QED) is 0.526. The Bertz CT molecular complexity index is 1110. The van der Waals surface area contributed by atoms with Crippen molar-refractivity contribution in [3.05, 3.63) is 41.5 Å². The van der Waals surface area contributed by atoms with E-state index in [1.54, 1.807) is 24.3 Å². The Labute approximate surface area is 188 Å². The van der Waals surface area contributed by atoms with Crippen molar-refractivity contribution in [2.24, 2.45) is 10.9 Å².